The highest BCUT2D eigenvalue weighted by Gasteiger charge is 2.51. The van der Waals surface area contributed by atoms with Crippen LogP contribution in [0.25, 0.3) is 0 Å². The van der Waals surface area contributed by atoms with Crippen molar-refractivity contribution in [2.75, 3.05) is 5.32 Å². The zero-order valence-electron chi connectivity index (χ0n) is 10.9. The van der Waals surface area contributed by atoms with Gasteiger partial charge in [-0.1, -0.05) is 12.2 Å². The summed E-state index contributed by atoms with van der Waals surface area (Å²) < 4.78 is 26.7. The van der Waals surface area contributed by atoms with Crippen molar-refractivity contribution >= 4 is 17.6 Å². The summed E-state index contributed by atoms with van der Waals surface area (Å²) in [4.78, 5) is 23.6. The van der Waals surface area contributed by atoms with Gasteiger partial charge in [-0.3, -0.25) is 9.59 Å². The summed E-state index contributed by atoms with van der Waals surface area (Å²) in [6.07, 6.45) is 4.26. The van der Waals surface area contributed by atoms with Gasteiger partial charge in [-0.15, -0.1) is 0 Å². The number of rotatable bonds is 3. The van der Waals surface area contributed by atoms with Crippen molar-refractivity contribution in [3.05, 3.63) is 42.0 Å². The lowest BCUT2D eigenvalue weighted by Crippen LogP contribution is -2.36. The second kappa shape index (κ2) is 4.95. The number of carbonyl (C=O) groups is 2. The number of hydrogen-bond donors (Lipinski definition) is 2. The Balaban J connectivity index is 1.83. The summed E-state index contributed by atoms with van der Waals surface area (Å²) in [5, 5.41) is 11.6. The number of halogens is 2. The molecule has 4 atom stereocenters. The molecule has 2 bridgehead atoms. The summed E-state index contributed by atoms with van der Waals surface area (Å²) in [6, 6.07) is 2.75. The van der Waals surface area contributed by atoms with Crippen molar-refractivity contribution in [3.8, 4) is 0 Å². The molecule has 0 heterocycles. The lowest BCUT2D eigenvalue weighted by atomic mass is 9.82. The standard InChI is InChI=1S/C15H13F2NO3/c16-9-3-4-10(17)11(6-9)18-14(19)12-7-1-2-8(5-7)13(12)15(20)21/h1-4,6-8,12-13H,5H2,(H,18,19)(H,20,21). The highest BCUT2D eigenvalue weighted by molar-refractivity contribution is 5.96. The molecule has 0 radical (unpaired) electrons. The molecule has 2 aliphatic rings. The molecule has 0 aromatic heterocycles. The molecule has 2 N–H and O–H groups in total. The Morgan fingerprint density at radius 1 is 1.14 bits per heavy atom. The van der Waals surface area contributed by atoms with Crippen LogP contribution in [0.3, 0.4) is 0 Å². The third kappa shape index (κ3) is 2.30. The van der Waals surface area contributed by atoms with Crippen molar-refractivity contribution in [1.82, 2.24) is 0 Å². The minimum atomic E-state index is -1.04. The Kier molecular flexibility index (Phi) is 3.23. The van der Waals surface area contributed by atoms with Crippen molar-refractivity contribution in [1.29, 1.82) is 0 Å². The van der Waals surface area contributed by atoms with Gasteiger partial charge >= 0.3 is 5.97 Å². The highest BCUT2D eigenvalue weighted by atomic mass is 19.1. The first kappa shape index (κ1) is 13.7. The van der Waals surface area contributed by atoms with Crippen molar-refractivity contribution in [3.63, 3.8) is 0 Å². The van der Waals surface area contributed by atoms with Crippen LogP contribution in [0, 0.1) is 35.3 Å². The number of fused-ring (bicyclic) bond motifs is 2. The number of anilines is 1. The first-order valence-electron chi connectivity index (χ1n) is 6.64. The number of benzene rings is 1. The fourth-order valence-electron chi connectivity index (χ4n) is 3.33. The quantitative estimate of drug-likeness (QED) is 0.841. The molecule has 0 spiro atoms. The first-order valence-corrected chi connectivity index (χ1v) is 6.64. The fourth-order valence-corrected chi connectivity index (χ4v) is 3.33. The predicted octanol–water partition coefficient (Wildman–Crippen LogP) is 2.43. The third-order valence-corrected chi connectivity index (χ3v) is 4.23. The number of carbonyl (C=O) groups excluding carboxylic acids is 1. The van der Waals surface area contributed by atoms with Crippen LogP contribution in [0.15, 0.2) is 30.4 Å². The largest absolute Gasteiger partial charge is 0.481 e. The zero-order chi connectivity index (χ0) is 15.1. The summed E-state index contributed by atoms with van der Waals surface area (Å²) in [5.74, 6) is -4.93. The summed E-state index contributed by atoms with van der Waals surface area (Å²) in [6.45, 7) is 0. The Hall–Kier alpha value is -2.24. The van der Waals surface area contributed by atoms with E-state index in [4.69, 9.17) is 0 Å². The van der Waals surface area contributed by atoms with E-state index in [1.165, 1.54) is 0 Å². The Morgan fingerprint density at radius 3 is 2.48 bits per heavy atom. The molecule has 4 unspecified atom stereocenters. The molecule has 4 nitrogen and oxygen atoms in total. The number of hydrogen-bond acceptors (Lipinski definition) is 2. The van der Waals surface area contributed by atoms with E-state index in [1.807, 2.05) is 12.2 Å². The summed E-state index contributed by atoms with van der Waals surface area (Å²) in [5.41, 5.74) is -0.268. The van der Waals surface area contributed by atoms with Crippen LogP contribution >= 0.6 is 0 Å². The Morgan fingerprint density at radius 2 is 1.81 bits per heavy atom. The first-order chi connectivity index (χ1) is 9.97. The normalized spacial score (nSPS) is 29.6. The second-order valence-electron chi connectivity index (χ2n) is 5.45. The van der Waals surface area contributed by atoms with E-state index in [-0.39, 0.29) is 17.5 Å². The van der Waals surface area contributed by atoms with Gasteiger partial charge in [-0.05, 0) is 30.4 Å². The highest BCUT2D eigenvalue weighted by Crippen LogP contribution is 2.48. The zero-order valence-corrected chi connectivity index (χ0v) is 10.9. The molecule has 21 heavy (non-hydrogen) atoms. The van der Waals surface area contributed by atoms with E-state index < -0.39 is 35.3 Å². The van der Waals surface area contributed by atoms with E-state index in [0.717, 1.165) is 18.2 Å². The molecule has 0 aliphatic heterocycles. The van der Waals surface area contributed by atoms with Crippen LogP contribution in [-0.4, -0.2) is 17.0 Å². The van der Waals surface area contributed by atoms with Crippen LogP contribution in [0.5, 0.6) is 0 Å². The van der Waals surface area contributed by atoms with Gasteiger partial charge in [0.2, 0.25) is 5.91 Å². The SMILES string of the molecule is O=C(O)C1C2C=CC(C2)C1C(=O)Nc1cc(F)ccc1F. The lowest BCUT2D eigenvalue weighted by Gasteiger charge is -2.23. The van der Waals surface area contributed by atoms with Gasteiger partial charge in [0, 0.05) is 6.07 Å². The molecule has 1 aromatic carbocycles. The summed E-state index contributed by atoms with van der Waals surface area (Å²) in [7, 11) is 0. The maximum Gasteiger partial charge on any atom is 0.307 e. The molecule has 1 fully saturated rings. The molecule has 110 valence electrons. The van der Waals surface area contributed by atoms with Crippen LogP contribution in [-0.2, 0) is 9.59 Å². The number of carboxylic acid groups (broad SMARTS) is 1. The van der Waals surface area contributed by atoms with Crippen molar-refractivity contribution in [2.24, 2.45) is 23.7 Å². The Bertz CT molecular complexity index is 644. The molecular formula is C15H13F2NO3. The maximum atomic E-state index is 13.5. The number of aliphatic carboxylic acids is 1. The minimum absolute atomic E-state index is 0.160. The number of nitrogens with one attached hydrogen (secondary N) is 1. The predicted molar refractivity (Wildman–Crippen MR) is 70.3 cm³/mol. The molecule has 3 rings (SSSR count). The average molecular weight is 293 g/mol. The van der Waals surface area contributed by atoms with E-state index >= 15 is 0 Å². The van der Waals surface area contributed by atoms with Gasteiger partial charge in [0.05, 0.1) is 17.5 Å². The van der Waals surface area contributed by atoms with E-state index in [9.17, 15) is 23.5 Å². The average Bonchev–Trinajstić information content (AvgIpc) is 3.03. The minimum Gasteiger partial charge on any atom is -0.481 e. The smallest absolute Gasteiger partial charge is 0.307 e. The number of allylic oxidation sites excluding steroid dienone is 2. The fraction of sp³-hybridized carbons (Fsp3) is 0.333. The van der Waals surface area contributed by atoms with Crippen molar-refractivity contribution < 1.29 is 23.5 Å². The van der Waals surface area contributed by atoms with Gasteiger partial charge in [-0.25, -0.2) is 8.78 Å². The molecular weight excluding hydrogens is 280 g/mol. The summed E-state index contributed by atoms with van der Waals surface area (Å²) >= 11 is 0. The number of carboxylic acids is 1. The van der Waals surface area contributed by atoms with Crippen LogP contribution < -0.4 is 5.32 Å². The van der Waals surface area contributed by atoms with Gasteiger partial charge in [0.25, 0.3) is 0 Å². The lowest BCUT2D eigenvalue weighted by molar-refractivity contribution is -0.146. The van der Waals surface area contributed by atoms with Crippen molar-refractivity contribution in [2.45, 2.75) is 6.42 Å². The molecule has 1 aromatic rings. The van der Waals surface area contributed by atoms with Gasteiger partial charge in [-0.2, -0.15) is 0 Å². The molecule has 1 saturated carbocycles. The van der Waals surface area contributed by atoms with Crippen LogP contribution in [0.1, 0.15) is 6.42 Å². The van der Waals surface area contributed by atoms with Gasteiger partial charge in [0.15, 0.2) is 0 Å². The number of amides is 1. The van der Waals surface area contributed by atoms with Crippen LogP contribution in [0.4, 0.5) is 14.5 Å². The van der Waals surface area contributed by atoms with E-state index in [2.05, 4.69) is 5.32 Å². The molecule has 2 aliphatic carbocycles. The third-order valence-electron chi connectivity index (χ3n) is 4.23. The second-order valence-corrected chi connectivity index (χ2v) is 5.45. The Labute approximate surface area is 119 Å². The monoisotopic (exact) mass is 293 g/mol. The van der Waals surface area contributed by atoms with Crippen LogP contribution in [0.2, 0.25) is 0 Å². The molecule has 1 amide bonds. The molecule has 6 heteroatoms. The maximum absolute atomic E-state index is 13.5. The van der Waals surface area contributed by atoms with Gasteiger partial charge < -0.3 is 10.4 Å². The van der Waals surface area contributed by atoms with E-state index in [1.54, 1.807) is 0 Å². The molecule has 0 saturated heterocycles. The van der Waals surface area contributed by atoms with E-state index in [0.29, 0.717) is 6.42 Å². The topological polar surface area (TPSA) is 66.4 Å². The van der Waals surface area contributed by atoms with Gasteiger partial charge in [0.1, 0.15) is 11.6 Å².